The first-order valence-corrected chi connectivity index (χ1v) is 12.6. The highest BCUT2D eigenvalue weighted by molar-refractivity contribution is 7.84. The molecule has 186 valence electrons. The number of hydrogen-bond donors (Lipinski definition) is 4. The normalized spacial score (nSPS) is 16.7. The van der Waals surface area contributed by atoms with E-state index in [4.69, 9.17) is 4.74 Å². The lowest BCUT2D eigenvalue weighted by Gasteiger charge is -2.32. The minimum Gasteiger partial charge on any atom is -0.507 e. The molecule has 0 saturated carbocycles. The first-order chi connectivity index (χ1) is 16.4. The van der Waals surface area contributed by atoms with Gasteiger partial charge in [0.05, 0.1) is 34.1 Å². The lowest BCUT2D eigenvalue weighted by atomic mass is 10.0. The van der Waals surface area contributed by atoms with Gasteiger partial charge < -0.3 is 20.3 Å². The largest absolute Gasteiger partial charge is 0.507 e. The molecular formula is C23H32N4O6S. The number of phenols is 1. The number of nitrogens with one attached hydrogen (secondary N) is 2. The molecule has 1 fully saturated rings. The predicted molar refractivity (Wildman–Crippen MR) is 127 cm³/mol. The lowest BCUT2D eigenvalue weighted by molar-refractivity contribution is 0.0537. The highest BCUT2D eigenvalue weighted by Gasteiger charge is 2.20. The Morgan fingerprint density at radius 1 is 1.29 bits per heavy atom. The Morgan fingerprint density at radius 2 is 2.06 bits per heavy atom. The van der Waals surface area contributed by atoms with Crippen LogP contribution in [0.15, 0.2) is 41.4 Å². The number of carbonyl (C=O) groups excluding carboxylic acids is 1. The van der Waals surface area contributed by atoms with Gasteiger partial charge >= 0.3 is 0 Å². The number of aromatic hydroxyl groups is 1. The molecule has 1 saturated heterocycles. The van der Waals surface area contributed by atoms with E-state index in [1.165, 1.54) is 25.5 Å². The minimum atomic E-state index is -1.33. The average Bonchev–Trinajstić information content (AvgIpc) is 2.83. The van der Waals surface area contributed by atoms with Crippen LogP contribution in [0.1, 0.15) is 28.9 Å². The molecule has 1 aliphatic rings. The van der Waals surface area contributed by atoms with Gasteiger partial charge in [-0.3, -0.25) is 23.7 Å². The number of piperidine rings is 1. The Bertz CT molecular complexity index is 966. The summed E-state index contributed by atoms with van der Waals surface area (Å²) in [7, 11) is 0.0607. The first-order valence-electron chi connectivity index (χ1n) is 11.1. The van der Waals surface area contributed by atoms with Gasteiger partial charge in [-0.1, -0.05) is 0 Å². The molecule has 11 heteroatoms. The molecule has 0 radical (unpaired) electrons. The van der Waals surface area contributed by atoms with Crippen LogP contribution < -0.4 is 15.5 Å². The number of hydrogen-bond acceptors (Lipinski definition) is 9. The van der Waals surface area contributed by atoms with Crippen LogP contribution in [-0.2, 0) is 22.2 Å². The summed E-state index contributed by atoms with van der Waals surface area (Å²) >= 11 is 0. The number of likely N-dealkylation sites (tertiary alicyclic amines) is 1. The molecular weight excluding hydrogens is 460 g/mol. The maximum absolute atomic E-state index is 11.7. The molecule has 34 heavy (non-hydrogen) atoms. The Morgan fingerprint density at radius 3 is 2.71 bits per heavy atom. The second kappa shape index (κ2) is 12.8. The van der Waals surface area contributed by atoms with E-state index in [1.54, 1.807) is 18.3 Å². The Kier molecular flexibility index (Phi) is 9.78. The van der Waals surface area contributed by atoms with Gasteiger partial charge in [0.2, 0.25) is 0 Å². The van der Waals surface area contributed by atoms with E-state index in [0.29, 0.717) is 35.3 Å². The molecule has 2 unspecified atom stereocenters. The fourth-order valence-electron chi connectivity index (χ4n) is 3.70. The smallest absolute Gasteiger partial charge is 0.276 e. The number of hydroxylamine groups is 1. The monoisotopic (exact) mass is 492 g/mol. The number of nitrogens with zero attached hydrogens (tertiary/aromatic N) is 2. The van der Waals surface area contributed by atoms with E-state index < -0.39 is 16.9 Å². The van der Waals surface area contributed by atoms with Crippen LogP contribution in [0.4, 0.5) is 0 Å². The fourth-order valence-corrected chi connectivity index (χ4v) is 4.34. The van der Waals surface area contributed by atoms with Crippen molar-refractivity contribution in [1.82, 2.24) is 20.7 Å². The molecule has 4 N–H and O–H groups in total. The van der Waals surface area contributed by atoms with Gasteiger partial charge in [0.25, 0.3) is 5.91 Å². The summed E-state index contributed by atoms with van der Waals surface area (Å²) < 4.78 is 17.2. The number of carbonyl (C=O) groups is 1. The number of rotatable bonds is 11. The van der Waals surface area contributed by atoms with E-state index in [-0.39, 0.29) is 18.3 Å². The van der Waals surface area contributed by atoms with Gasteiger partial charge in [0.1, 0.15) is 24.2 Å². The average molecular weight is 493 g/mol. The van der Waals surface area contributed by atoms with Crippen molar-refractivity contribution in [2.24, 2.45) is 0 Å². The number of benzene rings is 1. The van der Waals surface area contributed by atoms with Gasteiger partial charge in [0, 0.05) is 44.7 Å². The van der Waals surface area contributed by atoms with E-state index in [9.17, 15) is 19.2 Å². The maximum Gasteiger partial charge on any atom is 0.276 e. The van der Waals surface area contributed by atoms with Crippen LogP contribution >= 0.6 is 0 Å². The third kappa shape index (κ3) is 7.74. The van der Waals surface area contributed by atoms with E-state index >= 15 is 0 Å². The van der Waals surface area contributed by atoms with E-state index in [2.05, 4.69) is 25.5 Å². The first kappa shape index (κ1) is 26.0. The van der Waals surface area contributed by atoms with Crippen molar-refractivity contribution in [2.75, 3.05) is 39.6 Å². The van der Waals surface area contributed by atoms with Crippen molar-refractivity contribution in [2.45, 2.75) is 36.4 Å². The van der Waals surface area contributed by atoms with Crippen molar-refractivity contribution in [3.05, 3.63) is 47.8 Å². The minimum absolute atomic E-state index is 0.0380. The molecule has 1 aliphatic heterocycles. The van der Waals surface area contributed by atoms with Crippen LogP contribution in [0, 0.1) is 0 Å². The lowest BCUT2D eigenvalue weighted by Crippen LogP contribution is -2.45. The molecule has 1 aromatic heterocycles. The molecule has 1 aromatic carbocycles. The topological polar surface area (TPSA) is 133 Å². The summed E-state index contributed by atoms with van der Waals surface area (Å²) in [4.78, 5) is 23.3. The van der Waals surface area contributed by atoms with Crippen molar-refractivity contribution in [3.8, 4) is 11.5 Å². The maximum atomic E-state index is 11.7. The predicted octanol–water partition coefficient (Wildman–Crippen LogP) is 0.810. The number of phenolic OH excluding ortho intramolecular Hbond substituents is 1. The molecule has 2 aromatic rings. The van der Waals surface area contributed by atoms with Crippen LogP contribution in [0.5, 0.6) is 11.5 Å². The van der Waals surface area contributed by atoms with E-state index in [0.717, 1.165) is 31.6 Å². The van der Waals surface area contributed by atoms with Gasteiger partial charge in [-0.25, -0.2) is 5.48 Å². The number of aliphatic hydroxyl groups is 1. The van der Waals surface area contributed by atoms with Gasteiger partial charge in [0.15, 0.2) is 0 Å². The second-order valence-corrected chi connectivity index (χ2v) is 9.53. The Balaban J connectivity index is 1.35. The SMILES string of the molecule is CONC(=O)c1ccc(CN2CCC(NCC(O)COc3ccc(O)c(S(C)=O)c3)CC2)nc1. The van der Waals surface area contributed by atoms with Gasteiger partial charge in [-0.05, 0) is 43.2 Å². The second-order valence-electron chi connectivity index (χ2n) is 8.18. The molecule has 3 rings (SSSR count). The third-order valence-corrected chi connectivity index (χ3v) is 6.53. The summed E-state index contributed by atoms with van der Waals surface area (Å²) in [5.41, 5.74) is 3.62. The fraction of sp³-hybridized carbons (Fsp3) is 0.478. The summed E-state index contributed by atoms with van der Waals surface area (Å²) in [6.07, 6.45) is 4.24. The number of aromatic nitrogens is 1. The molecule has 0 spiro atoms. The molecule has 0 aliphatic carbocycles. The van der Waals surface area contributed by atoms with Gasteiger partial charge in [-0.2, -0.15) is 0 Å². The number of amides is 1. The zero-order chi connectivity index (χ0) is 24.5. The quantitative estimate of drug-likeness (QED) is 0.336. The van der Waals surface area contributed by atoms with Crippen LogP contribution in [0.3, 0.4) is 0 Å². The van der Waals surface area contributed by atoms with Crippen molar-refractivity contribution in [3.63, 3.8) is 0 Å². The molecule has 0 bridgehead atoms. The van der Waals surface area contributed by atoms with Crippen molar-refractivity contribution < 1.29 is 28.8 Å². The molecule has 2 atom stereocenters. The van der Waals surface area contributed by atoms with Gasteiger partial charge in [-0.15, -0.1) is 0 Å². The highest BCUT2D eigenvalue weighted by Crippen LogP contribution is 2.25. The number of pyridine rings is 1. The Hall–Kier alpha value is -2.57. The number of aliphatic hydroxyl groups excluding tert-OH is 1. The third-order valence-electron chi connectivity index (χ3n) is 5.58. The van der Waals surface area contributed by atoms with Crippen molar-refractivity contribution in [1.29, 1.82) is 0 Å². The van der Waals surface area contributed by atoms with Crippen LogP contribution in [-0.4, -0.2) is 82.0 Å². The summed E-state index contributed by atoms with van der Waals surface area (Å²) in [6.45, 7) is 3.02. The Labute approximate surface area is 201 Å². The van der Waals surface area contributed by atoms with Crippen LogP contribution in [0.25, 0.3) is 0 Å². The van der Waals surface area contributed by atoms with Crippen LogP contribution in [0.2, 0.25) is 0 Å². The highest BCUT2D eigenvalue weighted by atomic mass is 32.2. The summed E-state index contributed by atoms with van der Waals surface area (Å²) in [6, 6.07) is 8.43. The van der Waals surface area contributed by atoms with E-state index in [1.807, 2.05) is 6.07 Å². The summed E-state index contributed by atoms with van der Waals surface area (Å²) in [5.74, 6) is 0.0894. The van der Waals surface area contributed by atoms with Crippen molar-refractivity contribution >= 4 is 16.7 Å². The summed E-state index contributed by atoms with van der Waals surface area (Å²) in [5, 5.41) is 23.4. The standard InChI is InChI=1S/C23H32N4O6S/c1-32-26-23(30)16-3-4-18(24-12-16)14-27-9-7-17(8-10-27)25-13-19(28)15-33-20-5-6-21(29)22(11-20)34(2)31/h3-6,11-12,17,19,25,28-29H,7-10,13-15H2,1-2H3,(H,26,30). The number of ether oxygens (including phenoxy) is 1. The zero-order valence-corrected chi connectivity index (χ0v) is 20.2. The zero-order valence-electron chi connectivity index (χ0n) is 19.4. The molecule has 2 heterocycles. The molecule has 1 amide bonds. The molecule has 10 nitrogen and oxygen atoms in total.